The van der Waals surface area contributed by atoms with Crippen molar-refractivity contribution in [1.29, 1.82) is 0 Å². The number of hydrogen-bond donors (Lipinski definition) is 2. The molecule has 0 aliphatic rings. The molecule has 0 atom stereocenters. The highest BCUT2D eigenvalue weighted by Gasteiger charge is 2.08. The molecule has 0 heterocycles. The van der Waals surface area contributed by atoms with Gasteiger partial charge in [0, 0.05) is 7.11 Å². The quantitative estimate of drug-likeness (QED) is 0.285. The van der Waals surface area contributed by atoms with Crippen LogP contribution in [0.5, 0.6) is 5.75 Å². The zero-order chi connectivity index (χ0) is 15.5. The van der Waals surface area contributed by atoms with Gasteiger partial charge >= 0.3 is 5.97 Å². The van der Waals surface area contributed by atoms with Crippen LogP contribution in [0.3, 0.4) is 0 Å². The summed E-state index contributed by atoms with van der Waals surface area (Å²) in [5.74, 6) is -0.579. The van der Waals surface area contributed by atoms with Crippen molar-refractivity contribution >= 4 is 11.7 Å². The molecule has 0 unspecified atom stereocenters. The fraction of sp³-hybridized carbons (Fsp3) is 0.500. The smallest absolute Gasteiger partial charge is 0.338 e. The van der Waals surface area contributed by atoms with E-state index in [1.165, 1.54) is 18.2 Å². The van der Waals surface area contributed by atoms with Crippen LogP contribution in [0.15, 0.2) is 18.2 Å². The van der Waals surface area contributed by atoms with Gasteiger partial charge in [-0.05, 0) is 18.2 Å². The van der Waals surface area contributed by atoms with Crippen molar-refractivity contribution in [3.63, 3.8) is 0 Å². The second-order valence-electron chi connectivity index (χ2n) is 4.13. The van der Waals surface area contributed by atoms with Crippen LogP contribution >= 0.6 is 0 Å². The Hall–Kier alpha value is -1.83. The number of ether oxygens (including phenoxy) is 4. The molecule has 0 amide bonds. The Balaban J connectivity index is 2.09. The average molecular weight is 299 g/mol. The van der Waals surface area contributed by atoms with E-state index >= 15 is 0 Å². The number of carbonyl (C=O) groups excluding carboxylic acids is 1. The van der Waals surface area contributed by atoms with E-state index in [0.717, 1.165) is 0 Å². The lowest BCUT2D eigenvalue weighted by Crippen LogP contribution is -2.14. The maximum absolute atomic E-state index is 11.7. The summed E-state index contributed by atoms with van der Waals surface area (Å²) in [6, 6.07) is 4.15. The first-order valence-electron chi connectivity index (χ1n) is 6.55. The minimum absolute atomic E-state index is 0.0663. The van der Waals surface area contributed by atoms with Crippen molar-refractivity contribution in [3.05, 3.63) is 23.8 Å². The lowest BCUT2D eigenvalue weighted by molar-refractivity contribution is 0.00570. The maximum Gasteiger partial charge on any atom is 0.338 e. The molecule has 0 saturated carbocycles. The lowest BCUT2D eigenvalue weighted by atomic mass is 10.2. The molecule has 0 aliphatic carbocycles. The summed E-state index contributed by atoms with van der Waals surface area (Å²) in [6.45, 7) is 2.38. The Labute approximate surface area is 123 Å². The molecule has 0 fully saturated rings. The third-order valence-corrected chi connectivity index (χ3v) is 2.53. The van der Waals surface area contributed by atoms with Crippen LogP contribution in [0.2, 0.25) is 0 Å². The predicted octanol–water partition coefficient (Wildman–Crippen LogP) is 0.811. The van der Waals surface area contributed by atoms with E-state index in [0.29, 0.717) is 26.4 Å². The number of anilines is 1. The Kier molecular flexibility index (Phi) is 8.18. The van der Waals surface area contributed by atoms with Crippen LogP contribution in [-0.2, 0) is 18.9 Å². The van der Waals surface area contributed by atoms with Crippen LogP contribution in [0.25, 0.3) is 0 Å². The van der Waals surface area contributed by atoms with Gasteiger partial charge in [0.15, 0.2) is 0 Å². The van der Waals surface area contributed by atoms with Crippen molar-refractivity contribution in [2.75, 3.05) is 52.5 Å². The van der Waals surface area contributed by atoms with Crippen molar-refractivity contribution in [2.24, 2.45) is 0 Å². The standard InChI is InChI=1S/C14H21NO6/c1-18-4-5-19-6-7-20-8-9-21-14(17)11-2-3-13(16)12(15)10-11/h2-3,10,16H,4-9,15H2,1H3. The van der Waals surface area contributed by atoms with Gasteiger partial charge in [-0.2, -0.15) is 0 Å². The van der Waals surface area contributed by atoms with Crippen LogP contribution in [0, 0.1) is 0 Å². The molecule has 7 heteroatoms. The molecule has 0 spiro atoms. The first kappa shape index (κ1) is 17.2. The van der Waals surface area contributed by atoms with Gasteiger partial charge in [-0.1, -0.05) is 0 Å². The summed E-state index contributed by atoms with van der Waals surface area (Å²) in [6.07, 6.45) is 0. The number of hydrogen-bond acceptors (Lipinski definition) is 7. The largest absolute Gasteiger partial charge is 0.506 e. The van der Waals surface area contributed by atoms with Crippen LogP contribution in [-0.4, -0.2) is 57.8 Å². The van der Waals surface area contributed by atoms with E-state index in [-0.39, 0.29) is 30.2 Å². The summed E-state index contributed by atoms with van der Waals surface area (Å²) in [7, 11) is 1.61. The highest BCUT2D eigenvalue weighted by molar-refractivity contribution is 5.90. The molecule has 0 aromatic heterocycles. The highest BCUT2D eigenvalue weighted by atomic mass is 16.6. The molecular formula is C14H21NO6. The molecule has 118 valence electrons. The number of nitrogen functional groups attached to an aromatic ring is 1. The van der Waals surface area contributed by atoms with Crippen LogP contribution in [0.1, 0.15) is 10.4 Å². The molecule has 1 aromatic rings. The Morgan fingerprint density at radius 3 is 2.33 bits per heavy atom. The number of aromatic hydroxyl groups is 1. The minimum Gasteiger partial charge on any atom is -0.506 e. The third-order valence-electron chi connectivity index (χ3n) is 2.53. The van der Waals surface area contributed by atoms with Gasteiger partial charge in [0.05, 0.1) is 44.3 Å². The summed E-state index contributed by atoms with van der Waals surface area (Å²) < 4.78 is 20.3. The normalized spacial score (nSPS) is 10.5. The maximum atomic E-state index is 11.7. The van der Waals surface area contributed by atoms with Gasteiger partial charge in [-0.15, -0.1) is 0 Å². The van der Waals surface area contributed by atoms with Gasteiger partial charge < -0.3 is 29.8 Å². The summed E-state index contributed by atoms with van der Waals surface area (Å²) >= 11 is 0. The number of carbonyl (C=O) groups is 1. The average Bonchev–Trinajstić information content (AvgIpc) is 2.48. The lowest BCUT2D eigenvalue weighted by Gasteiger charge is -2.07. The van der Waals surface area contributed by atoms with Crippen molar-refractivity contribution < 1.29 is 28.8 Å². The van der Waals surface area contributed by atoms with E-state index in [2.05, 4.69) is 0 Å². The number of phenols is 1. The first-order valence-corrected chi connectivity index (χ1v) is 6.55. The molecule has 1 aromatic carbocycles. The summed E-state index contributed by atoms with van der Waals surface area (Å²) in [4.78, 5) is 11.7. The highest BCUT2D eigenvalue weighted by Crippen LogP contribution is 2.20. The van der Waals surface area contributed by atoms with E-state index in [1.54, 1.807) is 7.11 Å². The number of methoxy groups -OCH3 is 1. The van der Waals surface area contributed by atoms with Gasteiger partial charge in [0.25, 0.3) is 0 Å². The molecule has 0 saturated heterocycles. The van der Waals surface area contributed by atoms with Crippen molar-refractivity contribution in [1.82, 2.24) is 0 Å². The molecule has 0 bridgehead atoms. The SMILES string of the molecule is COCCOCCOCCOC(=O)c1ccc(O)c(N)c1. The number of nitrogens with two attached hydrogens (primary N) is 1. The molecular weight excluding hydrogens is 278 g/mol. The molecule has 1 rings (SSSR count). The zero-order valence-corrected chi connectivity index (χ0v) is 12.0. The molecule has 0 radical (unpaired) electrons. The van der Waals surface area contributed by atoms with E-state index < -0.39 is 5.97 Å². The Morgan fingerprint density at radius 2 is 1.71 bits per heavy atom. The summed E-state index contributed by atoms with van der Waals surface area (Å²) in [5.41, 5.74) is 5.92. The fourth-order valence-electron chi connectivity index (χ4n) is 1.42. The van der Waals surface area contributed by atoms with E-state index in [4.69, 9.17) is 24.7 Å². The second kappa shape index (κ2) is 9.98. The number of esters is 1. The first-order chi connectivity index (χ1) is 10.1. The molecule has 21 heavy (non-hydrogen) atoms. The summed E-state index contributed by atoms with van der Waals surface area (Å²) in [5, 5.41) is 9.26. The zero-order valence-electron chi connectivity index (χ0n) is 12.0. The van der Waals surface area contributed by atoms with Crippen molar-refractivity contribution in [2.45, 2.75) is 0 Å². The molecule has 0 aliphatic heterocycles. The second-order valence-corrected chi connectivity index (χ2v) is 4.13. The Bertz CT molecular complexity index is 437. The molecule has 7 nitrogen and oxygen atoms in total. The number of benzene rings is 1. The van der Waals surface area contributed by atoms with Gasteiger partial charge in [0.1, 0.15) is 12.4 Å². The number of phenolic OH excluding ortho intramolecular Hbond substituents is 1. The van der Waals surface area contributed by atoms with E-state index in [1.807, 2.05) is 0 Å². The van der Waals surface area contributed by atoms with Gasteiger partial charge in [-0.3, -0.25) is 0 Å². The van der Waals surface area contributed by atoms with Crippen LogP contribution in [0.4, 0.5) is 5.69 Å². The fourth-order valence-corrected chi connectivity index (χ4v) is 1.42. The monoisotopic (exact) mass is 299 g/mol. The van der Waals surface area contributed by atoms with E-state index in [9.17, 15) is 9.90 Å². The molecule has 3 N–H and O–H groups in total. The van der Waals surface area contributed by atoms with Gasteiger partial charge in [0.2, 0.25) is 0 Å². The minimum atomic E-state index is -0.512. The number of rotatable bonds is 10. The topological polar surface area (TPSA) is 100 Å². The third kappa shape index (κ3) is 6.94. The van der Waals surface area contributed by atoms with Crippen LogP contribution < -0.4 is 5.73 Å². The predicted molar refractivity (Wildman–Crippen MR) is 76.3 cm³/mol. The Morgan fingerprint density at radius 1 is 1.10 bits per heavy atom. The van der Waals surface area contributed by atoms with Crippen molar-refractivity contribution in [3.8, 4) is 5.75 Å². The van der Waals surface area contributed by atoms with Gasteiger partial charge in [-0.25, -0.2) is 4.79 Å².